The Morgan fingerprint density at radius 1 is 0.161 bits per heavy atom. The number of anilines is 12. The Balaban J connectivity index is 1.16. The summed E-state index contributed by atoms with van der Waals surface area (Å²) in [5.74, 6) is 0. The summed E-state index contributed by atoms with van der Waals surface area (Å²) >= 11 is 0. The predicted octanol–water partition coefficient (Wildman–Crippen LogP) is 27.3. The molecule has 0 N–H and O–H groups in total. The van der Waals surface area contributed by atoms with Crippen molar-refractivity contribution >= 4 is 174 Å². The lowest BCUT2D eigenvalue weighted by Crippen LogP contribution is -2.62. The Kier molecular flexibility index (Phi) is 22.1. The number of benzene rings is 12. The van der Waals surface area contributed by atoms with Gasteiger partial charge in [-0.25, -0.2) is 0 Å². The van der Waals surface area contributed by atoms with E-state index in [4.69, 9.17) is 0 Å². The maximum absolute atomic E-state index is 2.71. The fraction of sp³-hybridized carbons (Fsp3) is 0.321. The van der Waals surface area contributed by atoms with E-state index in [1.54, 1.807) is 0 Å². The molecule has 0 fully saturated rings. The van der Waals surface area contributed by atoms with Gasteiger partial charge in [0.2, 0.25) is 0 Å². The zero-order chi connectivity index (χ0) is 85.6. The molecule has 0 saturated carbocycles. The highest BCUT2D eigenvalue weighted by Gasteiger charge is 2.71. The van der Waals surface area contributed by atoms with Crippen molar-refractivity contribution in [2.75, 3.05) is 19.6 Å². The van der Waals surface area contributed by atoms with Crippen LogP contribution in [0.3, 0.4) is 0 Å². The Morgan fingerprint density at radius 3 is 0.373 bits per heavy atom. The van der Waals surface area contributed by atoms with Crippen LogP contribution >= 0.6 is 0 Å². The van der Waals surface area contributed by atoms with E-state index in [1.165, 1.54) is 86.0 Å². The minimum Gasteiger partial charge on any atom is -0.310 e. The first-order valence-corrected chi connectivity index (χ1v) is 71.5. The minimum atomic E-state index is -1.70. The monoisotopic (exact) mass is 1690 g/mol. The smallest absolute Gasteiger partial charge is 0.0775 e. The average molecular weight is 1690 g/mol. The molecule has 0 heterocycles. The first-order chi connectivity index (χ1) is 54.8. The molecule has 0 bridgehead atoms. The van der Waals surface area contributed by atoms with Gasteiger partial charge in [0.05, 0.1) is 64.6 Å². The Hall–Kier alpha value is -8.42. The number of fused-ring (bicyclic) bond motifs is 6. The number of hydrogen-bond donors (Lipinski definition) is 0. The van der Waals surface area contributed by atoms with Crippen LogP contribution in [-0.4, -0.2) is 64.6 Å². The SMILES string of the molecule is CC(C)(C)C1(C2(C(C)(C)C)c3cc(N(c4ccc([Si](C)(C)C)cc4)c4ccc([Si](C)(C)C)cc4)ccc3-c3ccc(N(c4ccc([Si](C)(C)C)cc4)c4ccc([Si](C)(C)C)cc4)cc32)c2cc(N(c3ccc([Si](C)(C)C)cc3)c3ccc([Si](C)(C)C)cc3)ccc2-c2ccc(N(c3ccc([Si](C)(C)C)cc3)c3ccc([Si](C)(C)C)cc3)cc21. The zero-order valence-corrected chi connectivity index (χ0v) is 85.2. The standard InChI is InChI=1S/C106H134N4Si8/c1-103(2,3)105(99-71-83(107(75-31-51-87(52-32-75)111(7,8)9)76-33-53-88(54-34-76)112(10,11)12)47-67-95(99)96-68-48-84(72-100(96)105)108(77-35-55-89(56-36-77)113(13,14)15)78-37-57-90(58-38-78)114(16,17)18)106(104(4,5)6)101-73-85(109(79-39-59-91(60-40-79)115(19,20)21)80-41-61-92(62-42-80)116(22,23)24)49-69-97(101)98-70-50-86(74-102(98)106)110(81-43-63-93(64-44-81)117(25,26)27)82-45-65-94(66-46-82)118(28,29)30/h31-74H,1-30H3. The highest BCUT2D eigenvalue weighted by Crippen LogP contribution is 2.76. The molecule has 610 valence electrons. The second-order valence-corrected chi connectivity index (χ2v) is 85.3. The van der Waals surface area contributed by atoms with E-state index in [9.17, 15) is 0 Å². The fourth-order valence-corrected chi connectivity index (χ4v) is 28.7. The van der Waals surface area contributed by atoms with Gasteiger partial charge in [-0.1, -0.05) is 361 Å². The summed E-state index contributed by atoms with van der Waals surface area (Å²) < 4.78 is 0. The van der Waals surface area contributed by atoms with E-state index in [1.807, 2.05) is 0 Å². The van der Waals surface area contributed by atoms with Gasteiger partial charge in [0.25, 0.3) is 0 Å². The summed E-state index contributed by atoms with van der Waals surface area (Å²) in [7, 11) is -13.6. The molecular formula is C106H134N4Si8. The molecule has 4 nitrogen and oxygen atoms in total. The van der Waals surface area contributed by atoms with Crippen molar-refractivity contribution < 1.29 is 0 Å². The molecule has 0 spiro atoms. The number of rotatable bonds is 21. The number of nitrogens with zero attached hydrogens (tertiary/aromatic N) is 4. The average Bonchev–Trinajstić information content (AvgIpc) is 1.45. The third-order valence-corrected chi connectivity index (χ3v) is 42.5. The van der Waals surface area contributed by atoms with E-state index in [-0.39, 0.29) is 0 Å². The third kappa shape index (κ3) is 15.7. The van der Waals surface area contributed by atoms with Crippen LogP contribution in [0.5, 0.6) is 0 Å². The minimum absolute atomic E-state index is 0.563. The van der Waals surface area contributed by atoms with Gasteiger partial charge >= 0.3 is 0 Å². The molecule has 12 heteroatoms. The topological polar surface area (TPSA) is 13.0 Å². The quantitative estimate of drug-likeness (QED) is 0.0665. The Morgan fingerprint density at radius 2 is 0.271 bits per heavy atom. The summed E-state index contributed by atoms with van der Waals surface area (Å²) in [6.45, 7) is 75.0. The van der Waals surface area contributed by atoms with Crippen LogP contribution in [0.2, 0.25) is 157 Å². The van der Waals surface area contributed by atoms with E-state index in [0.717, 1.165) is 68.2 Å². The molecule has 0 aromatic heterocycles. The van der Waals surface area contributed by atoms with Gasteiger partial charge in [0.15, 0.2) is 0 Å². The van der Waals surface area contributed by atoms with Crippen LogP contribution < -0.4 is 61.1 Å². The molecule has 0 aliphatic heterocycles. The molecule has 12 aromatic carbocycles. The van der Waals surface area contributed by atoms with Crippen LogP contribution in [0.25, 0.3) is 22.3 Å². The molecular weight excluding hydrogens is 1550 g/mol. The molecule has 2 aliphatic carbocycles. The maximum Gasteiger partial charge on any atom is 0.0775 e. The van der Waals surface area contributed by atoms with Crippen molar-refractivity contribution in [3.05, 3.63) is 289 Å². The van der Waals surface area contributed by atoms with Gasteiger partial charge in [0, 0.05) is 79.1 Å². The van der Waals surface area contributed by atoms with Gasteiger partial charge < -0.3 is 19.6 Å². The van der Waals surface area contributed by atoms with Gasteiger partial charge in [-0.3, -0.25) is 0 Å². The summed E-state index contributed by atoms with van der Waals surface area (Å²) in [5, 5.41) is 11.6. The first kappa shape index (κ1) is 86.0. The lowest BCUT2D eigenvalue weighted by molar-refractivity contribution is 0.0594. The van der Waals surface area contributed by atoms with E-state index >= 15 is 0 Å². The summed E-state index contributed by atoms with van der Waals surface area (Å²) in [5.41, 5.74) is 21.3. The van der Waals surface area contributed by atoms with Gasteiger partial charge in [-0.05, 0) is 201 Å². The van der Waals surface area contributed by atoms with Gasteiger partial charge in [-0.15, -0.1) is 0 Å². The summed E-state index contributed by atoms with van der Waals surface area (Å²) in [6.07, 6.45) is 0. The molecule has 0 radical (unpaired) electrons. The van der Waals surface area contributed by atoms with Crippen molar-refractivity contribution in [1.82, 2.24) is 0 Å². The molecule has 14 rings (SSSR count). The van der Waals surface area contributed by atoms with Crippen molar-refractivity contribution in [2.24, 2.45) is 10.8 Å². The molecule has 0 saturated heterocycles. The second-order valence-electron chi connectivity index (χ2n) is 44.6. The maximum atomic E-state index is 2.71. The highest BCUT2D eigenvalue weighted by atomic mass is 28.3. The van der Waals surface area contributed by atoms with Crippen LogP contribution in [0, 0.1) is 10.8 Å². The predicted molar refractivity (Wildman–Crippen MR) is 547 cm³/mol. The molecule has 118 heavy (non-hydrogen) atoms. The van der Waals surface area contributed by atoms with Crippen molar-refractivity contribution in [2.45, 2.75) is 210 Å². The van der Waals surface area contributed by atoms with Crippen LogP contribution in [0.15, 0.2) is 267 Å². The van der Waals surface area contributed by atoms with Gasteiger partial charge in [-0.2, -0.15) is 0 Å². The molecule has 0 amide bonds. The van der Waals surface area contributed by atoms with E-state index in [0.29, 0.717) is 0 Å². The zero-order valence-electron chi connectivity index (χ0n) is 77.2. The lowest BCUT2D eigenvalue weighted by atomic mass is 9.39. The second kappa shape index (κ2) is 30.3. The van der Waals surface area contributed by atoms with Crippen molar-refractivity contribution in [3.63, 3.8) is 0 Å². The van der Waals surface area contributed by atoms with Crippen LogP contribution in [0.1, 0.15) is 63.8 Å². The number of hydrogen-bond acceptors (Lipinski definition) is 4. The first-order valence-electron chi connectivity index (χ1n) is 43.5. The Labute approximate surface area is 720 Å². The van der Waals surface area contributed by atoms with E-state index < -0.39 is 86.3 Å². The lowest BCUT2D eigenvalue weighted by Gasteiger charge is -2.62. The molecule has 0 unspecified atom stereocenters. The highest BCUT2D eigenvalue weighted by molar-refractivity contribution is 6.91. The van der Waals surface area contributed by atoms with Crippen molar-refractivity contribution in [1.29, 1.82) is 0 Å². The van der Waals surface area contributed by atoms with Crippen molar-refractivity contribution in [3.8, 4) is 22.3 Å². The van der Waals surface area contributed by atoms with Gasteiger partial charge in [0.1, 0.15) is 0 Å². The summed E-state index contributed by atoms with van der Waals surface area (Å²) in [4.78, 5) is 10.4. The third-order valence-electron chi connectivity index (χ3n) is 26.0. The van der Waals surface area contributed by atoms with Crippen LogP contribution in [-0.2, 0) is 10.8 Å². The molecule has 2 aliphatic rings. The summed E-state index contributed by atoms with van der Waals surface area (Å²) in [6, 6.07) is 109. The van der Waals surface area contributed by atoms with E-state index in [2.05, 4.69) is 485 Å². The molecule has 12 aromatic rings. The normalized spacial score (nSPS) is 14.3. The molecule has 0 atom stereocenters. The largest absolute Gasteiger partial charge is 0.310 e. The Bertz CT molecular complexity index is 4760. The fourth-order valence-electron chi connectivity index (χ4n) is 19.4. The van der Waals surface area contributed by atoms with Crippen LogP contribution in [0.4, 0.5) is 68.2 Å².